The second-order valence-corrected chi connectivity index (χ2v) is 4.91. The number of hydrogen-bond donors (Lipinski definition) is 0. The number of nitriles is 1. The lowest BCUT2D eigenvalue weighted by atomic mass is 10.7. The minimum Gasteiger partial charge on any atom is -0.303 e. The molecule has 0 saturated heterocycles. The van der Waals surface area contributed by atoms with Gasteiger partial charge in [0.05, 0.1) is 13.2 Å². The number of rotatable bonds is 7. The summed E-state index contributed by atoms with van der Waals surface area (Å²) in [4.78, 5) is 0. The quantitative estimate of drug-likeness (QED) is 0.400. The molecule has 0 aliphatic rings. The van der Waals surface area contributed by atoms with E-state index in [-0.39, 0.29) is 30.3 Å². The molecule has 0 aliphatic carbocycles. The van der Waals surface area contributed by atoms with Crippen LogP contribution < -0.4 is 0 Å². The Bertz CT molecular complexity index is 265. The molecule has 0 aromatic carbocycles. The summed E-state index contributed by atoms with van der Waals surface area (Å²) >= 11 is 10.7. The molecule has 0 aromatic rings. The number of halogens is 2. The van der Waals surface area contributed by atoms with Gasteiger partial charge in [-0.25, -0.2) is 0 Å². The monoisotopic (exact) mass is 257 g/mol. The Morgan fingerprint density at radius 2 is 1.79 bits per heavy atom. The first-order valence-corrected chi connectivity index (χ1v) is 6.32. The van der Waals surface area contributed by atoms with Crippen molar-refractivity contribution in [2.45, 2.75) is 0 Å². The van der Waals surface area contributed by atoms with Crippen molar-refractivity contribution in [1.82, 2.24) is 0 Å². The topological polar surface area (TPSA) is 59.3 Å². The first-order chi connectivity index (χ1) is 6.60. The Hall–Kier alpha value is -0.0400. The van der Waals surface area contributed by atoms with E-state index in [9.17, 15) is 4.57 Å². The number of allylic oxidation sites excluding steroid dienone is 1. The molecule has 4 nitrogen and oxygen atoms in total. The predicted octanol–water partition coefficient (Wildman–Crippen LogP) is 2.73. The van der Waals surface area contributed by atoms with Crippen LogP contribution in [0.15, 0.2) is 11.9 Å². The largest absolute Gasteiger partial charge is 0.371 e. The van der Waals surface area contributed by atoms with Crippen molar-refractivity contribution in [3.63, 3.8) is 0 Å². The normalized spacial score (nSPS) is 10.9. The van der Waals surface area contributed by atoms with Crippen LogP contribution in [-0.4, -0.2) is 25.0 Å². The number of alkyl halides is 2. The van der Waals surface area contributed by atoms with Gasteiger partial charge in [-0.3, -0.25) is 4.57 Å². The van der Waals surface area contributed by atoms with Crippen molar-refractivity contribution >= 4 is 30.8 Å². The van der Waals surface area contributed by atoms with Gasteiger partial charge in [-0.05, 0) is 0 Å². The minimum atomic E-state index is -3.57. The fourth-order valence-electron chi connectivity index (χ4n) is 0.564. The van der Waals surface area contributed by atoms with Crippen LogP contribution in [0.5, 0.6) is 0 Å². The Labute approximate surface area is 92.9 Å². The van der Waals surface area contributed by atoms with Gasteiger partial charge in [0.1, 0.15) is 11.4 Å². The number of nitrogens with zero attached hydrogens (tertiary/aromatic N) is 1. The molecule has 0 radical (unpaired) electrons. The summed E-state index contributed by atoms with van der Waals surface area (Å²) in [6, 6.07) is 1.63. The van der Waals surface area contributed by atoms with Crippen LogP contribution >= 0.6 is 30.8 Å². The summed E-state index contributed by atoms with van der Waals surface area (Å²) in [5, 5.41) is 8.28. The lowest BCUT2D eigenvalue weighted by Crippen LogP contribution is -2.01. The van der Waals surface area contributed by atoms with E-state index in [4.69, 9.17) is 37.5 Å². The molecule has 0 amide bonds. The Morgan fingerprint density at radius 3 is 2.07 bits per heavy atom. The Balaban J connectivity index is 4.43. The van der Waals surface area contributed by atoms with Gasteiger partial charge in [0.15, 0.2) is 0 Å². The van der Waals surface area contributed by atoms with Crippen LogP contribution in [0.4, 0.5) is 0 Å². The zero-order valence-corrected chi connectivity index (χ0v) is 9.82. The lowest BCUT2D eigenvalue weighted by molar-refractivity contribution is 0.229. The molecule has 14 heavy (non-hydrogen) atoms. The van der Waals surface area contributed by atoms with Crippen LogP contribution in [0.25, 0.3) is 0 Å². The standard InChI is InChI=1S/C7H10Cl2NO3P/c1-7(6-10)14(11,12-4-2-8)13-5-3-9/h1-5H2. The van der Waals surface area contributed by atoms with E-state index in [2.05, 4.69) is 6.58 Å². The maximum absolute atomic E-state index is 11.8. The maximum Gasteiger partial charge on any atom is 0.371 e. The van der Waals surface area contributed by atoms with Gasteiger partial charge in [0.25, 0.3) is 0 Å². The molecule has 0 aliphatic heterocycles. The summed E-state index contributed by atoms with van der Waals surface area (Å²) in [5.41, 5.74) is 0. The predicted molar refractivity (Wildman–Crippen MR) is 55.7 cm³/mol. The van der Waals surface area contributed by atoms with Gasteiger partial charge in [0.2, 0.25) is 0 Å². The van der Waals surface area contributed by atoms with Crippen molar-refractivity contribution in [2.75, 3.05) is 25.0 Å². The van der Waals surface area contributed by atoms with E-state index >= 15 is 0 Å². The molecule has 0 N–H and O–H groups in total. The SMILES string of the molecule is C=C(C#N)P(=O)(OCCCl)OCCCl. The third-order valence-corrected chi connectivity index (χ3v) is 3.25. The fraction of sp³-hybridized carbons (Fsp3) is 0.571. The highest BCUT2D eigenvalue weighted by atomic mass is 35.5. The van der Waals surface area contributed by atoms with E-state index in [0.29, 0.717) is 0 Å². The van der Waals surface area contributed by atoms with E-state index < -0.39 is 7.60 Å². The molecule has 0 fully saturated rings. The molecular weight excluding hydrogens is 248 g/mol. The van der Waals surface area contributed by atoms with Gasteiger partial charge in [-0.15, -0.1) is 23.2 Å². The highest BCUT2D eigenvalue weighted by molar-refractivity contribution is 7.58. The molecule has 0 unspecified atom stereocenters. The van der Waals surface area contributed by atoms with E-state index in [1.165, 1.54) is 0 Å². The zero-order chi connectivity index (χ0) is 11.0. The van der Waals surface area contributed by atoms with Crippen molar-refractivity contribution < 1.29 is 13.6 Å². The van der Waals surface area contributed by atoms with E-state index in [1.54, 1.807) is 6.07 Å². The average Bonchev–Trinajstić information content (AvgIpc) is 2.22. The molecule has 0 spiro atoms. The van der Waals surface area contributed by atoms with Gasteiger partial charge in [0, 0.05) is 11.8 Å². The van der Waals surface area contributed by atoms with E-state index in [1.807, 2.05) is 0 Å². The minimum absolute atomic E-state index is 0.0296. The highest BCUT2D eigenvalue weighted by Gasteiger charge is 2.28. The molecule has 0 aromatic heterocycles. The van der Waals surface area contributed by atoms with E-state index in [0.717, 1.165) is 0 Å². The smallest absolute Gasteiger partial charge is 0.303 e. The first kappa shape index (κ1) is 14.0. The molecule has 0 bridgehead atoms. The lowest BCUT2D eigenvalue weighted by Gasteiger charge is -2.15. The zero-order valence-electron chi connectivity index (χ0n) is 7.41. The second-order valence-electron chi connectivity index (χ2n) is 2.10. The summed E-state index contributed by atoms with van der Waals surface area (Å²) in [5.74, 6) is 0.319. The number of hydrogen-bond acceptors (Lipinski definition) is 4. The van der Waals surface area contributed by atoms with Gasteiger partial charge < -0.3 is 9.05 Å². The third-order valence-electron chi connectivity index (χ3n) is 1.14. The van der Waals surface area contributed by atoms with Gasteiger partial charge >= 0.3 is 7.60 Å². The summed E-state index contributed by atoms with van der Waals surface area (Å²) in [7, 11) is -3.57. The Morgan fingerprint density at radius 1 is 1.36 bits per heavy atom. The van der Waals surface area contributed by atoms with Crippen molar-refractivity contribution in [2.24, 2.45) is 0 Å². The summed E-state index contributed by atoms with van der Waals surface area (Å²) in [6.45, 7) is 3.35. The third kappa shape index (κ3) is 4.45. The summed E-state index contributed by atoms with van der Waals surface area (Å²) < 4.78 is 21.5. The molecular formula is C7H10Cl2NO3P. The van der Waals surface area contributed by atoms with Gasteiger partial charge in [-0.2, -0.15) is 5.26 Å². The molecule has 7 heteroatoms. The average molecular weight is 258 g/mol. The molecule has 80 valence electrons. The molecule has 0 saturated carbocycles. The molecule has 0 heterocycles. The second kappa shape index (κ2) is 7.28. The molecule has 0 atom stereocenters. The van der Waals surface area contributed by atoms with Gasteiger partial charge in [-0.1, -0.05) is 6.58 Å². The first-order valence-electron chi connectivity index (χ1n) is 3.71. The van der Waals surface area contributed by atoms with Crippen molar-refractivity contribution in [3.05, 3.63) is 11.9 Å². The van der Waals surface area contributed by atoms with Crippen LogP contribution in [-0.2, 0) is 13.6 Å². The van der Waals surface area contributed by atoms with Crippen molar-refractivity contribution in [3.8, 4) is 6.07 Å². The fourth-order valence-corrected chi connectivity index (χ4v) is 2.11. The summed E-state index contributed by atoms with van der Waals surface area (Å²) in [6.07, 6.45) is 0. The van der Waals surface area contributed by atoms with Crippen molar-refractivity contribution in [1.29, 1.82) is 5.26 Å². The molecule has 0 rings (SSSR count). The maximum atomic E-state index is 11.8. The van der Waals surface area contributed by atoms with Crippen LogP contribution in [0, 0.1) is 11.3 Å². The highest BCUT2D eigenvalue weighted by Crippen LogP contribution is 2.54. The Kier molecular flexibility index (Phi) is 7.26. The van der Waals surface area contributed by atoms with Crippen LogP contribution in [0.1, 0.15) is 0 Å². The van der Waals surface area contributed by atoms with Crippen LogP contribution in [0.3, 0.4) is 0 Å². The van der Waals surface area contributed by atoms with Crippen LogP contribution in [0.2, 0.25) is 0 Å².